The van der Waals surface area contributed by atoms with E-state index in [9.17, 15) is 4.79 Å². The number of fused-ring (bicyclic) bond motifs is 1. The van der Waals surface area contributed by atoms with Crippen LogP contribution in [0.3, 0.4) is 0 Å². The average molecular weight is 271 g/mol. The first-order valence-corrected chi connectivity index (χ1v) is 7.29. The highest BCUT2D eigenvalue weighted by Crippen LogP contribution is 2.33. The number of likely N-dealkylation sites (tertiary alicyclic amines) is 1. The van der Waals surface area contributed by atoms with Crippen LogP contribution in [0.4, 0.5) is 5.69 Å². The van der Waals surface area contributed by atoms with Crippen LogP contribution in [0.1, 0.15) is 25.3 Å². The van der Waals surface area contributed by atoms with E-state index < -0.39 is 0 Å². The number of aliphatic imine (C=N–C) groups is 1. The van der Waals surface area contributed by atoms with Gasteiger partial charge in [0.15, 0.2) is 0 Å². The second kappa shape index (κ2) is 5.37. The summed E-state index contributed by atoms with van der Waals surface area (Å²) in [5.41, 5.74) is 2.52. The van der Waals surface area contributed by atoms with Gasteiger partial charge in [0.1, 0.15) is 5.84 Å². The zero-order chi connectivity index (χ0) is 14.1. The third-order valence-corrected chi connectivity index (χ3v) is 4.22. The lowest BCUT2D eigenvalue weighted by Crippen LogP contribution is -2.45. The number of piperidine rings is 1. The summed E-state index contributed by atoms with van der Waals surface area (Å²) in [6.07, 6.45) is 3.03. The number of hydrogen-bond acceptors (Lipinski definition) is 2. The van der Waals surface area contributed by atoms with E-state index in [0.717, 1.165) is 38.2 Å². The van der Waals surface area contributed by atoms with Crippen LogP contribution >= 0.6 is 0 Å². The topological polar surface area (TPSA) is 35.9 Å². The van der Waals surface area contributed by atoms with Crippen molar-refractivity contribution in [3.8, 4) is 0 Å². The minimum atomic E-state index is -0.106. The van der Waals surface area contributed by atoms with Gasteiger partial charge in [-0.25, -0.2) is 0 Å². The first-order chi connectivity index (χ1) is 9.65. The van der Waals surface area contributed by atoms with Gasteiger partial charge in [0.2, 0.25) is 5.91 Å². The highest BCUT2D eigenvalue weighted by Gasteiger charge is 2.32. The van der Waals surface area contributed by atoms with Crippen molar-refractivity contribution in [2.24, 2.45) is 4.99 Å². The Morgan fingerprint density at radius 2 is 1.95 bits per heavy atom. The predicted octanol–water partition coefficient (Wildman–Crippen LogP) is 2.09. The number of carbonyl (C=O) groups excluding carboxylic acids is 1. The molecule has 2 heterocycles. The molecule has 1 fully saturated rings. The number of anilines is 1. The van der Waals surface area contributed by atoms with Gasteiger partial charge in [-0.2, -0.15) is 4.99 Å². The van der Waals surface area contributed by atoms with Gasteiger partial charge in [0.05, 0.1) is 0 Å². The molecule has 2 aliphatic rings. The zero-order valence-corrected chi connectivity index (χ0v) is 12.2. The van der Waals surface area contributed by atoms with Crippen LogP contribution in [0.5, 0.6) is 0 Å². The number of carbonyl (C=O) groups is 1. The number of hydrogen-bond donors (Lipinski definition) is 0. The number of nitrogens with zero attached hydrogens (tertiary/aromatic N) is 3. The molecule has 2 aliphatic heterocycles. The van der Waals surface area contributed by atoms with Crippen molar-refractivity contribution in [3.63, 3.8) is 0 Å². The third-order valence-electron chi connectivity index (χ3n) is 4.22. The molecule has 0 aliphatic carbocycles. The van der Waals surface area contributed by atoms with E-state index in [2.05, 4.69) is 46.1 Å². The second-order valence-corrected chi connectivity index (χ2v) is 5.76. The van der Waals surface area contributed by atoms with E-state index in [1.54, 1.807) is 0 Å². The van der Waals surface area contributed by atoms with Gasteiger partial charge in [0, 0.05) is 25.1 Å². The van der Waals surface area contributed by atoms with Crippen LogP contribution in [0.2, 0.25) is 0 Å². The monoisotopic (exact) mass is 271 g/mol. The summed E-state index contributed by atoms with van der Waals surface area (Å²) in [5, 5.41) is 0. The first kappa shape index (κ1) is 13.3. The number of amidine groups is 1. The summed E-state index contributed by atoms with van der Waals surface area (Å²) >= 11 is 0. The normalized spacial score (nSPS) is 22.3. The second-order valence-electron chi connectivity index (χ2n) is 5.76. The highest BCUT2D eigenvalue weighted by molar-refractivity contribution is 6.09. The van der Waals surface area contributed by atoms with E-state index in [4.69, 9.17) is 0 Å². The molecule has 0 spiro atoms. The molecule has 0 saturated carbocycles. The zero-order valence-electron chi connectivity index (χ0n) is 12.2. The molecule has 106 valence electrons. The van der Waals surface area contributed by atoms with E-state index in [-0.39, 0.29) is 5.91 Å². The van der Waals surface area contributed by atoms with E-state index >= 15 is 0 Å². The maximum atomic E-state index is 11.4. The Morgan fingerprint density at radius 3 is 2.65 bits per heavy atom. The summed E-state index contributed by atoms with van der Waals surface area (Å²) in [6, 6.07) is 8.88. The summed E-state index contributed by atoms with van der Waals surface area (Å²) in [6.45, 7) is 3.75. The van der Waals surface area contributed by atoms with Crippen molar-refractivity contribution in [2.45, 2.75) is 32.2 Å². The van der Waals surface area contributed by atoms with Crippen LogP contribution in [0, 0.1) is 0 Å². The largest absolute Gasteiger partial charge is 0.326 e. The van der Waals surface area contributed by atoms with Gasteiger partial charge in [-0.15, -0.1) is 0 Å². The Labute approximate surface area is 120 Å². The van der Waals surface area contributed by atoms with Crippen LogP contribution in [-0.4, -0.2) is 42.8 Å². The Bertz CT molecular complexity index is 544. The van der Waals surface area contributed by atoms with Crippen molar-refractivity contribution in [1.82, 2.24) is 4.90 Å². The third kappa shape index (κ3) is 2.48. The Hall–Kier alpha value is -1.68. The van der Waals surface area contributed by atoms with Crippen molar-refractivity contribution in [2.75, 3.05) is 25.0 Å². The standard InChI is InChI=1S/C16H21N3O/c1-12(20)17-16-11-13-5-3-4-6-15(13)19(16)14-7-9-18(2)10-8-14/h3-6,14H,7-11H2,1-2H3. The molecule has 4 heteroatoms. The summed E-state index contributed by atoms with van der Waals surface area (Å²) in [5.74, 6) is 0.819. The van der Waals surface area contributed by atoms with Crippen LogP contribution in [0.15, 0.2) is 29.3 Å². The fourth-order valence-electron chi connectivity index (χ4n) is 3.23. The van der Waals surface area contributed by atoms with E-state index in [0.29, 0.717) is 6.04 Å². The molecule has 0 bridgehead atoms. The maximum absolute atomic E-state index is 11.4. The summed E-state index contributed by atoms with van der Waals surface area (Å²) in [4.78, 5) is 20.3. The Kier molecular flexibility index (Phi) is 3.57. The fraction of sp³-hybridized carbons (Fsp3) is 0.500. The van der Waals surface area contributed by atoms with Crippen LogP contribution < -0.4 is 4.90 Å². The smallest absolute Gasteiger partial charge is 0.244 e. The number of para-hydroxylation sites is 1. The van der Waals surface area contributed by atoms with Gasteiger partial charge in [0.25, 0.3) is 0 Å². The van der Waals surface area contributed by atoms with E-state index in [1.165, 1.54) is 18.2 Å². The molecule has 0 N–H and O–H groups in total. The first-order valence-electron chi connectivity index (χ1n) is 7.29. The number of rotatable bonds is 1. The quantitative estimate of drug-likeness (QED) is 0.784. The van der Waals surface area contributed by atoms with Gasteiger partial charge in [-0.05, 0) is 44.6 Å². The van der Waals surface area contributed by atoms with Crippen molar-refractivity contribution >= 4 is 17.4 Å². The molecule has 1 amide bonds. The lowest BCUT2D eigenvalue weighted by Gasteiger charge is -2.36. The van der Waals surface area contributed by atoms with Gasteiger partial charge in [-0.3, -0.25) is 4.79 Å². The van der Waals surface area contributed by atoms with Crippen LogP contribution in [0.25, 0.3) is 0 Å². The molecule has 1 aromatic rings. The molecular formula is C16H21N3O. The maximum Gasteiger partial charge on any atom is 0.244 e. The molecule has 4 nitrogen and oxygen atoms in total. The minimum Gasteiger partial charge on any atom is -0.326 e. The Balaban J connectivity index is 1.93. The van der Waals surface area contributed by atoms with Crippen molar-refractivity contribution in [1.29, 1.82) is 0 Å². The molecule has 3 rings (SSSR count). The molecule has 1 saturated heterocycles. The highest BCUT2D eigenvalue weighted by atomic mass is 16.1. The molecule has 0 aromatic heterocycles. The minimum absolute atomic E-state index is 0.106. The molecular weight excluding hydrogens is 250 g/mol. The average Bonchev–Trinajstić information content (AvgIpc) is 2.77. The van der Waals surface area contributed by atoms with Crippen molar-refractivity contribution in [3.05, 3.63) is 29.8 Å². The van der Waals surface area contributed by atoms with E-state index in [1.807, 2.05) is 0 Å². The Morgan fingerprint density at radius 1 is 1.25 bits per heavy atom. The number of benzene rings is 1. The fourth-order valence-corrected chi connectivity index (χ4v) is 3.23. The molecule has 0 unspecified atom stereocenters. The number of amides is 1. The molecule has 0 atom stereocenters. The summed E-state index contributed by atoms with van der Waals surface area (Å²) < 4.78 is 0. The summed E-state index contributed by atoms with van der Waals surface area (Å²) in [7, 11) is 2.17. The van der Waals surface area contributed by atoms with Crippen molar-refractivity contribution < 1.29 is 4.79 Å². The SMILES string of the molecule is CC(=O)N=C1Cc2ccccc2N1C1CCN(C)CC1. The predicted molar refractivity (Wildman–Crippen MR) is 81.3 cm³/mol. The molecule has 1 aromatic carbocycles. The van der Waals surface area contributed by atoms with Crippen LogP contribution in [-0.2, 0) is 11.2 Å². The van der Waals surface area contributed by atoms with Gasteiger partial charge in [-0.1, -0.05) is 18.2 Å². The lowest BCUT2D eigenvalue weighted by molar-refractivity contribution is -0.115. The lowest BCUT2D eigenvalue weighted by atomic mass is 10.0. The van der Waals surface area contributed by atoms with Gasteiger partial charge >= 0.3 is 0 Å². The molecule has 20 heavy (non-hydrogen) atoms. The molecule has 0 radical (unpaired) electrons. The van der Waals surface area contributed by atoms with Gasteiger partial charge < -0.3 is 9.80 Å².